The summed E-state index contributed by atoms with van der Waals surface area (Å²) in [6.45, 7) is 11.4. The zero-order chi connectivity index (χ0) is 43.3. The van der Waals surface area contributed by atoms with Crippen LogP contribution in [0.15, 0.2) is 0 Å². The van der Waals surface area contributed by atoms with E-state index in [9.17, 15) is 14.4 Å². The van der Waals surface area contributed by atoms with Gasteiger partial charge in [-0.3, -0.25) is 14.4 Å². The number of hydrogen-bond acceptors (Lipinski definition) is 6. The zero-order valence-electron chi connectivity index (χ0n) is 40.4. The van der Waals surface area contributed by atoms with Crippen LogP contribution in [0, 0.1) is 11.8 Å². The van der Waals surface area contributed by atoms with Crippen LogP contribution in [0.5, 0.6) is 0 Å². The van der Waals surface area contributed by atoms with Crippen LogP contribution in [-0.2, 0) is 28.6 Å². The van der Waals surface area contributed by atoms with E-state index >= 15 is 0 Å². The van der Waals surface area contributed by atoms with Crippen molar-refractivity contribution in [3.8, 4) is 0 Å². The molecular weight excluding hydrogens is 733 g/mol. The maximum atomic E-state index is 12.8. The second kappa shape index (κ2) is 45.9. The Bertz CT molecular complexity index is 902. The third kappa shape index (κ3) is 45.8. The highest BCUT2D eigenvalue weighted by Crippen LogP contribution is 2.18. The summed E-state index contributed by atoms with van der Waals surface area (Å²) in [6, 6.07) is 0. The molecule has 0 aliphatic heterocycles. The molecule has 0 saturated carbocycles. The Labute approximate surface area is 368 Å². The molecule has 0 heterocycles. The SMILES string of the molecule is CCCCCCCCCC(=O)OC[C@@H](COC(=O)CCCCCCCCCCCC(C)C)OC(=O)CCCCCCCCCCCCCCCCCCCCC(C)CC. The highest BCUT2D eigenvalue weighted by atomic mass is 16.6. The minimum absolute atomic E-state index is 0.0646. The van der Waals surface area contributed by atoms with Crippen molar-refractivity contribution in [2.75, 3.05) is 13.2 Å². The summed E-state index contributed by atoms with van der Waals surface area (Å²) in [5.74, 6) is 0.862. The molecule has 6 heteroatoms. The number of hydrogen-bond donors (Lipinski definition) is 0. The normalized spacial score (nSPS) is 12.5. The first-order valence-corrected chi connectivity index (χ1v) is 26.3. The first-order chi connectivity index (χ1) is 28.8. The Morgan fingerprint density at radius 2 is 0.644 bits per heavy atom. The first-order valence-electron chi connectivity index (χ1n) is 26.3. The summed E-state index contributed by atoms with van der Waals surface area (Å²) < 4.78 is 16.7. The number of unbranched alkanes of at least 4 members (excludes halogenated alkanes) is 31. The van der Waals surface area contributed by atoms with Gasteiger partial charge in [0.2, 0.25) is 0 Å². The van der Waals surface area contributed by atoms with Crippen LogP contribution in [0.1, 0.15) is 291 Å². The molecule has 0 N–H and O–H groups in total. The van der Waals surface area contributed by atoms with Gasteiger partial charge in [-0.15, -0.1) is 0 Å². The van der Waals surface area contributed by atoms with Gasteiger partial charge in [0, 0.05) is 19.3 Å². The molecule has 0 saturated heterocycles. The second-order valence-corrected chi connectivity index (χ2v) is 18.9. The Hall–Kier alpha value is -1.59. The molecule has 0 aromatic heterocycles. The van der Waals surface area contributed by atoms with E-state index in [1.54, 1.807) is 0 Å². The average Bonchev–Trinajstić information content (AvgIpc) is 3.22. The van der Waals surface area contributed by atoms with Gasteiger partial charge in [-0.1, -0.05) is 253 Å². The Balaban J connectivity index is 4.13. The molecule has 0 aliphatic rings. The number of esters is 3. The highest BCUT2D eigenvalue weighted by molar-refractivity contribution is 5.71. The summed E-state index contributed by atoms with van der Waals surface area (Å²) >= 11 is 0. The van der Waals surface area contributed by atoms with E-state index in [4.69, 9.17) is 14.2 Å². The largest absolute Gasteiger partial charge is 0.462 e. The second-order valence-electron chi connectivity index (χ2n) is 18.9. The molecular formula is C53H102O6. The van der Waals surface area contributed by atoms with Gasteiger partial charge in [0.05, 0.1) is 0 Å². The van der Waals surface area contributed by atoms with Crippen molar-refractivity contribution < 1.29 is 28.6 Å². The molecule has 0 aliphatic carbocycles. The fourth-order valence-electron chi connectivity index (χ4n) is 7.96. The first kappa shape index (κ1) is 57.4. The van der Waals surface area contributed by atoms with E-state index in [-0.39, 0.29) is 31.1 Å². The number of ether oxygens (including phenoxy) is 3. The molecule has 1 unspecified atom stereocenters. The lowest BCUT2D eigenvalue weighted by molar-refractivity contribution is -0.167. The van der Waals surface area contributed by atoms with E-state index < -0.39 is 6.10 Å². The van der Waals surface area contributed by atoms with Crippen molar-refractivity contribution in [2.45, 2.75) is 298 Å². The zero-order valence-corrected chi connectivity index (χ0v) is 40.4. The molecule has 2 atom stereocenters. The van der Waals surface area contributed by atoms with Crippen LogP contribution in [-0.4, -0.2) is 37.2 Å². The summed E-state index contributed by atoms with van der Waals surface area (Å²) in [5.41, 5.74) is 0. The molecule has 0 aromatic rings. The Morgan fingerprint density at radius 3 is 0.966 bits per heavy atom. The summed E-state index contributed by atoms with van der Waals surface area (Å²) in [7, 11) is 0. The maximum absolute atomic E-state index is 12.8. The maximum Gasteiger partial charge on any atom is 0.306 e. The van der Waals surface area contributed by atoms with E-state index in [2.05, 4.69) is 34.6 Å². The summed E-state index contributed by atoms with van der Waals surface area (Å²) in [5, 5.41) is 0. The highest BCUT2D eigenvalue weighted by Gasteiger charge is 2.19. The molecule has 6 nitrogen and oxygen atoms in total. The van der Waals surface area contributed by atoms with E-state index in [1.807, 2.05) is 0 Å². The lowest BCUT2D eigenvalue weighted by Crippen LogP contribution is -2.30. The van der Waals surface area contributed by atoms with Crippen LogP contribution >= 0.6 is 0 Å². The van der Waals surface area contributed by atoms with E-state index in [0.717, 1.165) is 69.6 Å². The third-order valence-corrected chi connectivity index (χ3v) is 12.3. The lowest BCUT2D eigenvalue weighted by Gasteiger charge is -2.18. The monoisotopic (exact) mass is 835 g/mol. The van der Waals surface area contributed by atoms with Crippen molar-refractivity contribution in [3.05, 3.63) is 0 Å². The lowest BCUT2D eigenvalue weighted by atomic mass is 9.99. The summed E-state index contributed by atoms with van der Waals surface area (Å²) in [6.07, 6.45) is 46.8. The predicted octanol–water partition coefficient (Wildman–Crippen LogP) is 16.9. The van der Waals surface area contributed by atoms with Crippen molar-refractivity contribution >= 4 is 17.9 Å². The number of rotatable bonds is 47. The molecule has 0 fully saturated rings. The van der Waals surface area contributed by atoms with E-state index in [0.29, 0.717) is 19.3 Å². The number of carbonyl (C=O) groups is 3. The van der Waals surface area contributed by atoms with Crippen LogP contribution in [0.25, 0.3) is 0 Å². The topological polar surface area (TPSA) is 78.9 Å². The minimum Gasteiger partial charge on any atom is -0.462 e. The fourth-order valence-corrected chi connectivity index (χ4v) is 7.96. The van der Waals surface area contributed by atoms with Gasteiger partial charge in [-0.25, -0.2) is 0 Å². The minimum atomic E-state index is -0.760. The molecule has 0 spiro atoms. The Kier molecular flexibility index (Phi) is 44.7. The average molecular weight is 835 g/mol. The van der Waals surface area contributed by atoms with Crippen LogP contribution in [0.3, 0.4) is 0 Å². The molecule has 350 valence electrons. The van der Waals surface area contributed by atoms with E-state index in [1.165, 1.54) is 180 Å². The van der Waals surface area contributed by atoms with Crippen molar-refractivity contribution in [1.82, 2.24) is 0 Å². The van der Waals surface area contributed by atoms with Gasteiger partial charge in [0.15, 0.2) is 6.10 Å². The smallest absolute Gasteiger partial charge is 0.306 e. The Morgan fingerprint density at radius 1 is 0.356 bits per heavy atom. The molecule has 0 aromatic carbocycles. The molecule has 59 heavy (non-hydrogen) atoms. The molecule has 0 bridgehead atoms. The quantitative estimate of drug-likeness (QED) is 0.0345. The van der Waals surface area contributed by atoms with Crippen molar-refractivity contribution in [3.63, 3.8) is 0 Å². The van der Waals surface area contributed by atoms with Gasteiger partial charge in [0.25, 0.3) is 0 Å². The number of carbonyl (C=O) groups excluding carboxylic acids is 3. The predicted molar refractivity (Wildman–Crippen MR) is 252 cm³/mol. The molecule has 0 amide bonds. The molecule has 0 radical (unpaired) electrons. The van der Waals surface area contributed by atoms with Gasteiger partial charge < -0.3 is 14.2 Å². The van der Waals surface area contributed by atoms with Gasteiger partial charge in [-0.2, -0.15) is 0 Å². The standard InChI is InChI=1S/C53H102O6/c1-6-8-9-10-26-33-38-43-51(54)57-46-50(47-58-52(55)44-39-34-29-25-21-22-27-31-36-41-48(3)4)59-53(56)45-40-35-30-24-20-18-16-14-12-11-13-15-17-19-23-28-32-37-42-49(5)7-2/h48-50H,6-47H2,1-5H3/t49?,50-/m0/s1. The van der Waals surface area contributed by atoms with Gasteiger partial charge in [0.1, 0.15) is 13.2 Å². The fraction of sp³-hybridized carbons (Fsp3) is 0.943. The summed E-state index contributed by atoms with van der Waals surface area (Å²) in [4.78, 5) is 37.8. The van der Waals surface area contributed by atoms with Gasteiger partial charge in [-0.05, 0) is 31.1 Å². The molecule has 0 rings (SSSR count). The van der Waals surface area contributed by atoms with Crippen LogP contribution in [0.2, 0.25) is 0 Å². The van der Waals surface area contributed by atoms with Crippen LogP contribution < -0.4 is 0 Å². The van der Waals surface area contributed by atoms with Crippen molar-refractivity contribution in [1.29, 1.82) is 0 Å². The third-order valence-electron chi connectivity index (χ3n) is 12.3. The van der Waals surface area contributed by atoms with Crippen LogP contribution in [0.4, 0.5) is 0 Å². The van der Waals surface area contributed by atoms with Gasteiger partial charge >= 0.3 is 17.9 Å². The van der Waals surface area contributed by atoms with Crippen molar-refractivity contribution in [2.24, 2.45) is 11.8 Å².